The van der Waals surface area contributed by atoms with Gasteiger partial charge < -0.3 is 15.0 Å². The molecule has 4 rings (SSSR count). The van der Waals surface area contributed by atoms with E-state index in [0.29, 0.717) is 24.5 Å². The maximum atomic E-state index is 13.0. The number of hydrogen-bond donors (Lipinski definition) is 1. The Morgan fingerprint density at radius 1 is 1.23 bits per heavy atom. The molecule has 160 valence electrons. The average molecular weight is 423 g/mol. The van der Waals surface area contributed by atoms with Gasteiger partial charge in [0.25, 0.3) is 5.91 Å². The molecule has 2 amide bonds. The molecule has 1 aliphatic rings. The highest BCUT2D eigenvalue weighted by Crippen LogP contribution is 2.27. The zero-order valence-corrected chi connectivity index (χ0v) is 17.0. The number of hydrogen-bond acceptors (Lipinski definition) is 5. The summed E-state index contributed by atoms with van der Waals surface area (Å²) in [6.45, 7) is 0.631. The van der Waals surface area contributed by atoms with Crippen molar-refractivity contribution in [2.24, 2.45) is 7.05 Å². The number of fused-ring (bicyclic) bond motifs is 1. The van der Waals surface area contributed by atoms with E-state index in [1.165, 1.54) is 24.3 Å². The van der Waals surface area contributed by atoms with Gasteiger partial charge in [-0.3, -0.25) is 19.3 Å². The molecule has 1 aliphatic heterocycles. The standard InChI is InChI=1S/C22H22FN5O3/c1-27-11-15-12-28(20(29)14-31-18-7-5-16(23)6-8-18)13-19(21(15)26-27)22(30)25-10-17-4-2-3-9-24-17/h2-9,11,19H,10,12-14H2,1H3,(H,25,30). The van der Waals surface area contributed by atoms with E-state index in [4.69, 9.17) is 4.74 Å². The molecular weight excluding hydrogens is 401 g/mol. The Labute approximate surface area is 178 Å². The van der Waals surface area contributed by atoms with Crippen molar-refractivity contribution in [3.05, 3.63) is 77.6 Å². The fourth-order valence-electron chi connectivity index (χ4n) is 3.51. The summed E-state index contributed by atoms with van der Waals surface area (Å²) in [6, 6.07) is 11.0. The van der Waals surface area contributed by atoms with Gasteiger partial charge in [0.2, 0.25) is 5.91 Å². The van der Waals surface area contributed by atoms with Crippen LogP contribution in [-0.4, -0.2) is 44.6 Å². The highest BCUT2D eigenvalue weighted by molar-refractivity contribution is 5.86. The molecule has 9 heteroatoms. The van der Waals surface area contributed by atoms with E-state index >= 15 is 0 Å². The third-order valence-electron chi connectivity index (χ3n) is 5.05. The van der Waals surface area contributed by atoms with E-state index in [1.807, 2.05) is 24.4 Å². The van der Waals surface area contributed by atoms with E-state index in [2.05, 4.69) is 15.4 Å². The van der Waals surface area contributed by atoms with Crippen molar-refractivity contribution in [3.63, 3.8) is 0 Å². The fourth-order valence-corrected chi connectivity index (χ4v) is 3.51. The summed E-state index contributed by atoms with van der Waals surface area (Å²) in [5.41, 5.74) is 2.24. The number of ether oxygens (including phenoxy) is 1. The van der Waals surface area contributed by atoms with Gasteiger partial charge >= 0.3 is 0 Å². The molecule has 0 spiro atoms. The van der Waals surface area contributed by atoms with Crippen molar-refractivity contribution in [2.45, 2.75) is 19.0 Å². The summed E-state index contributed by atoms with van der Waals surface area (Å²) in [7, 11) is 1.78. The first-order chi connectivity index (χ1) is 15.0. The number of carbonyl (C=O) groups excluding carboxylic acids is 2. The van der Waals surface area contributed by atoms with Crippen LogP contribution in [0, 0.1) is 5.82 Å². The third-order valence-corrected chi connectivity index (χ3v) is 5.05. The summed E-state index contributed by atoms with van der Waals surface area (Å²) in [6.07, 6.45) is 3.48. The third kappa shape index (κ3) is 4.88. The van der Waals surface area contributed by atoms with E-state index in [-0.39, 0.29) is 30.8 Å². The minimum Gasteiger partial charge on any atom is -0.484 e. The molecule has 2 aromatic heterocycles. The van der Waals surface area contributed by atoms with E-state index in [1.54, 1.807) is 22.8 Å². The highest BCUT2D eigenvalue weighted by atomic mass is 19.1. The topological polar surface area (TPSA) is 89.4 Å². The lowest BCUT2D eigenvalue weighted by molar-refractivity contribution is -0.135. The lowest BCUT2D eigenvalue weighted by Gasteiger charge is -2.31. The van der Waals surface area contributed by atoms with Gasteiger partial charge in [-0.25, -0.2) is 4.39 Å². The van der Waals surface area contributed by atoms with Gasteiger partial charge in [-0.05, 0) is 36.4 Å². The monoisotopic (exact) mass is 423 g/mol. The minimum atomic E-state index is -0.594. The van der Waals surface area contributed by atoms with Gasteiger partial charge in [-0.2, -0.15) is 5.10 Å². The first-order valence-corrected chi connectivity index (χ1v) is 9.86. The van der Waals surface area contributed by atoms with Gasteiger partial charge in [0.15, 0.2) is 6.61 Å². The van der Waals surface area contributed by atoms with Crippen LogP contribution < -0.4 is 10.1 Å². The van der Waals surface area contributed by atoms with Crippen LogP contribution in [0.4, 0.5) is 4.39 Å². The van der Waals surface area contributed by atoms with Gasteiger partial charge in [0.05, 0.1) is 23.9 Å². The highest BCUT2D eigenvalue weighted by Gasteiger charge is 2.35. The average Bonchev–Trinajstić information content (AvgIpc) is 3.17. The number of benzene rings is 1. The largest absolute Gasteiger partial charge is 0.484 e. The maximum absolute atomic E-state index is 13.0. The van der Waals surface area contributed by atoms with Crippen LogP contribution in [0.3, 0.4) is 0 Å². The molecule has 1 atom stereocenters. The van der Waals surface area contributed by atoms with Crippen LogP contribution >= 0.6 is 0 Å². The van der Waals surface area contributed by atoms with Crippen LogP contribution in [0.25, 0.3) is 0 Å². The summed E-state index contributed by atoms with van der Waals surface area (Å²) < 4.78 is 20.2. The molecule has 3 aromatic rings. The number of aryl methyl sites for hydroxylation is 1. The minimum absolute atomic E-state index is 0.198. The Morgan fingerprint density at radius 3 is 2.77 bits per heavy atom. The molecular formula is C22H22FN5O3. The van der Waals surface area contributed by atoms with Gasteiger partial charge in [-0.1, -0.05) is 6.07 Å². The van der Waals surface area contributed by atoms with Crippen LogP contribution in [0.2, 0.25) is 0 Å². The molecule has 1 aromatic carbocycles. The Balaban J connectivity index is 1.43. The van der Waals surface area contributed by atoms with E-state index in [0.717, 1.165) is 11.3 Å². The number of nitrogens with zero attached hydrogens (tertiary/aromatic N) is 4. The molecule has 8 nitrogen and oxygen atoms in total. The Morgan fingerprint density at radius 2 is 2.03 bits per heavy atom. The lowest BCUT2D eigenvalue weighted by atomic mass is 9.95. The normalized spacial score (nSPS) is 15.3. The van der Waals surface area contributed by atoms with Gasteiger partial charge in [-0.15, -0.1) is 0 Å². The second kappa shape index (κ2) is 8.95. The van der Waals surface area contributed by atoms with Crippen molar-refractivity contribution >= 4 is 11.8 Å². The first kappa shape index (κ1) is 20.5. The van der Waals surface area contributed by atoms with E-state index in [9.17, 15) is 14.0 Å². The molecule has 31 heavy (non-hydrogen) atoms. The predicted octanol–water partition coefficient (Wildman–Crippen LogP) is 1.78. The second-order valence-electron chi connectivity index (χ2n) is 7.32. The van der Waals surface area contributed by atoms with Crippen molar-refractivity contribution in [2.75, 3.05) is 13.2 Å². The second-order valence-corrected chi connectivity index (χ2v) is 7.32. The summed E-state index contributed by atoms with van der Waals surface area (Å²) in [5, 5.41) is 7.33. The number of halogens is 1. The van der Waals surface area contributed by atoms with Crippen LogP contribution in [0.5, 0.6) is 5.75 Å². The summed E-state index contributed by atoms with van der Waals surface area (Å²) >= 11 is 0. The van der Waals surface area contributed by atoms with Gasteiger partial charge in [0.1, 0.15) is 11.6 Å². The number of amides is 2. The number of rotatable bonds is 6. The predicted molar refractivity (Wildman–Crippen MR) is 109 cm³/mol. The summed E-state index contributed by atoms with van der Waals surface area (Å²) in [4.78, 5) is 31.5. The Kier molecular flexibility index (Phi) is 5.92. The first-order valence-electron chi connectivity index (χ1n) is 9.86. The van der Waals surface area contributed by atoms with Crippen LogP contribution in [0.15, 0.2) is 54.9 Å². The summed E-state index contributed by atoms with van der Waals surface area (Å²) in [5.74, 6) is -1.05. The fraction of sp³-hybridized carbons (Fsp3) is 0.273. The molecule has 0 saturated heterocycles. The smallest absolute Gasteiger partial charge is 0.260 e. The number of nitrogens with one attached hydrogen (secondary N) is 1. The van der Waals surface area contributed by atoms with Crippen LogP contribution in [-0.2, 0) is 29.7 Å². The number of aromatic nitrogens is 3. The SMILES string of the molecule is Cn1cc2c(n1)C(C(=O)NCc1ccccn1)CN(C(=O)COc1ccc(F)cc1)C2. The van der Waals surface area contributed by atoms with Crippen molar-refractivity contribution in [3.8, 4) is 5.75 Å². The van der Waals surface area contributed by atoms with Crippen molar-refractivity contribution < 1.29 is 18.7 Å². The molecule has 1 N–H and O–H groups in total. The molecule has 3 heterocycles. The van der Waals surface area contributed by atoms with Crippen molar-refractivity contribution in [1.82, 2.24) is 25.0 Å². The molecule has 0 aliphatic carbocycles. The molecule has 0 radical (unpaired) electrons. The molecule has 0 saturated carbocycles. The Bertz CT molecular complexity index is 1070. The van der Waals surface area contributed by atoms with E-state index < -0.39 is 5.92 Å². The van der Waals surface area contributed by atoms with Crippen LogP contribution in [0.1, 0.15) is 22.9 Å². The lowest BCUT2D eigenvalue weighted by Crippen LogP contribution is -2.45. The molecule has 0 fully saturated rings. The molecule has 0 bridgehead atoms. The zero-order chi connectivity index (χ0) is 21.8. The number of pyridine rings is 1. The number of carbonyl (C=O) groups is 2. The quantitative estimate of drug-likeness (QED) is 0.653. The van der Waals surface area contributed by atoms with Crippen molar-refractivity contribution in [1.29, 1.82) is 0 Å². The van der Waals surface area contributed by atoms with Gasteiger partial charge in [0, 0.05) is 38.1 Å². The zero-order valence-electron chi connectivity index (χ0n) is 17.0. The maximum Gasteiger partial charge on any atom is 0.260 e. The molecule has 1 unspecified atom stereocenters. The Hall–Kier alpha value is -3.75.